The molecule has 2 N–H and O–H groups in total. The fraction of sp³-hybridized carbons (Fsp3) is 0.350. The van der Waals surface area contributed by atoms with Crippen LogP contribution >= 0.6 is 0 Å². The first-order chi connectivity index (χ1) is 13.0. The van der Waals surface area contributed by atoms with Crippen LogP contribution in [-0.4, -0.2) is 43.3 Å². The minimum absolute atomic E-state index is 0.0679. The van der Waals surface area contributed by atoms with Gasteiger partial charge in [0.1, 0.15) is 11.9 Å². The summed E-state index contributed by atoms with van der Waals surface area (Å²) in [6.07, 6.45) is 5.51. The van der Waals surface area contributed by atoms with E-state index in [1.165, 1.54) is 0 Å². The molecule has 7 nitrogen and oxygen atoms in total. The number of benzene rings is 1. The first kappa shape index (κ1) is 17.5. The lowest BCUT2D eigenvalue weighted by Gasteiger charge is -2.36. The summed E-state index contributed by atoms with van der Waals surface area (Å²) < 4.78 is 7.68. The molecule has 3 aromatic rings. The monoisotopic (exact) mass is 365 g/mol. The second kappa shape index (κ2) is 7.00. The summed E-state index contributed by atoms with van der Waals surface area (Å²) in [5.74, 6) is 0.639. The van der Waals surface area contributed by atoms with E-state index in [0.717, 1.165) is 25.1 Å². The minimum atomic E-state index is 0.0679. The van der Waals surface area contributed by atoms with Gasteiger partial charge in [0.05, 0.1) is 11.4 Å². The quantitative estimate of drug-likeness (QED) is 0.739. The van der Waals surface area contributed by atoms with E-state index in [1.54, 1.807) is 23.0 Å². The van der Waals surface area contributed by atoms with Crippen LogP contribution in [0.1, 0.15) is 26.7 Å². The Kier molecular flexibility index (Phi) is 4.53. The van der Waals surface area contributed by atoms with Crippen molar-refractivity contribution in [1.82, 2.24) is 25.3 Å². The van der Waals surface area contributed by atoms with Gasteiger partial charge in [-0.1, -0.05) is 0 Å². The summed E-state index contributed by atoms with van der Waals surface area (Å²) in [7, 11) is 0. The molecule has 0 aliphatic carbocycles. The first-order valence-corrected chi connectivity index (χ1v) is 9.09. The topological polar surface area (TPSA) is 85.1 Å². The Balaban J connectivity index is 1.49. The Morgan fingerprint density at radius 2 is 2.11 bits per heavy atom. The van der Waals surface area contributed by atoms with Gasteiger partial charge in [0.2, 0.25) is 5.88 Å². The summed E-state index contributed by atoms with van der Waals surface area (Å²) in [5.41, 5.74) is 2.06. The van der Waals surface area contributed by atoms with Gasteiger partial charge < -0.3 is 15.2 Å². The molecule has 4 rings (SSSR count). The minimum Gasteiger partial charge on any atom is -0.507 e. The van der Waals surface area contributed by atoms with Crippen molar-refractivity contribution in [2.45, 2.75) is 38.3 Å². The average Bonchev–Trinajstić information content (AvgIpc) is 3.16. The molecule has 0 amide bonds. The average molecular weight is 365 g/mol. The van der Waals surface area contributed by atoms with E-state index in [2.05, 4.69) is 34.5 Å². The van der Waals surface area contributed by atoms with E-state index in [1.807, 2.05) is 30.5 Å². The Hall–Kier alpha value is -2.93. The van der Waals surface area contributed by atoms with Gasteiger partial charge in [-0.2, -0.15) is 5.10 Å². The largest absolute Gasteiger partial charge is 0.507 e. The first-order valence-electron chi connectivity index (χ1n) is 9.09. The molecule has 1 saturated heterocycles. The van der Waals surface area contributed by atoms with Gasteiger partial charge in [-0.25, -0.2) is 4.68 Å². The van der Waals surface area contributed by atoms with Crippen LogP contribution < -0.4 is 10.1 Å². The molecule has 2 aromatic heterocycles. The molecule has 1 aliphatic heterocycles. The second-order valence-corrected chi connectivity index (χ2v) is 7.45. The molecule has 0 spiro atoms. The van der Waals surface area contributed by atoms with Crippen molar-refractivity contribution in [3.8, 4) is 28.6 Å². The van der Waals surface area contributed by atoms with Crippen molar-refractivity contribution < 1.29 is 9.84 Å². The molecule has 0 saturated carbocycles. The van der Waals surface area contributed by atoms with Crippen molar-refractivity contribution in [3.63, 3.8) is 0 Å². The van der Waals surface area contributed by atoms with Crippen LogP contribution in [0.5, 0.6) is 11.6 Å². The van der Waals surface area contributed by atoms with Crippen molar-refractivity contribution >= 4 is 0 Å². The van der Waals surface area contributed by atoms with E-state index in [-0.39, 0.29) is 17.4 Å². The van der Waals surface area contributed by atoms with Crippen LogP contribution in [0.3, 0.4) is 0 Å². The van der Waals surface area contributed by atoms with Gasteiger partial charge in [0.15, 0.2) is 0 Å². The second-order valence-electron chi connectivity index (χ2n) is 7.45. The van der Waals surface area contributed by atoms with E-state index in [9.17, 15) is 5.11 Å². The molecular formula is C20H23N5O2. The van der Waals surface area contributed by atoms with Gasteiger partial charge in [-0.05, 0) is 51.1 Å². The zero-order valence-electron chi connectivity index (χ0n) is 15.5. The van der Waals surface area contributed by atoms with Gasteiger partial charge >= 0.3 is 0 Å². The maximum absolute atomic E-state index is 10.4. The highest BCUT2D eigenvalue weighted by Crippen LogP contribution is 2.30. The zero-order valence-corrected chi connectivity index (χ0v) is 15.5. The van der Waals surface area contributed by atoms with Crippen LogP contribution in [0, 0.1) is 0 Å². The predicted molar refractivity (Wildman–Crippen MR) is 102 cm³/mol. The summed E-state index contributed by atoms with van der Waals surface area (Å²) >= 11 is 0. The van der Waals surface area contributed by atoms with Crippen LogP contribution in [0.15, 0.2) is 48.8 Å². The maximum atomic E-state index is 10.4. The third kappa shape index (κ3) is 3.93. The molecule has 140 valence electrons. The molecule has 0 bridgehead atoms. The van der Waals surface area contributed by atoms with E-state index < -0.39 is 0 Å². The fourth-order valence-electron chi connectivity index (χ4n) is 3.41. The Morgan fingerprint density at radius 1 is 1.22 bits per heavy atom. The van der Waals surface area contributed by atoms with E-state index in [0.29, 0.717) is 17.1 Å². The molecule has 27 heavy (non-hydrogen) atoms. The number of nitrogens with zero attached hydrogens (tertiary/aromatic N) is 4. The van der Waals surface area contributed by atoms with Crippen LogP contribution in [-0.2, 0) is 0 Å². The molecule has 0 radical (unpaired) electrons. The van der Waals surface area contributed by atoms with Crippen molar-refractivity contribution in [2.75, 3.05) is 6.54 Å². The SMILES string of the molecule is CC1(C)CC(Oc2ccc(-c3ccc(-n4cccn4)cc3O)nn2)CCN1. The fourth-order valence-corrected chi connectivity index (χ4v) is 3.41. The highest BCUT2D eigenvalue weighted by Gasteiger charge is 2.28. The van der Waals surface area contributed by atoms with Gasteiger partial charge in [-0.15, -0.1) is 10.2 Å². The maximum Gasteiger partial charge on any atom is 0.233 e. The van der Waals surface area contributed by atoms with Gasteiger partial charge in [-0.3, -0.25) is 0 Å². The number of piperidine rings is 1. The zero-order chi connectivity index (χ0) is 18.9. The molecule has 1 unspecified atom stereocenters. The number of rotatable bonds is 4. The lowest BCUT2D eigenvalue weighted by atomic mass is 9.91. The standard InChI is InChI=1S/C20H23N5O2/c1-20(2)13-15(8-10-21-20)27-19-7-6-17(23-24-19)16-5-4-14(12-18(16)26)25-11-3-9-22-25/h3-7,9,11-12,15,21,26H,8,10,13H2,1-2H3. The number of ether oxygens (including phenoxy) is 1. The Morgan fingerprint density at radius 3 is 2.78 bits per heavy atom. The molecule has 1 aliphatic rings. The number of hydrogen-bond acceptors (Lipinski definition) is 6. The van der Waals surface area contributed by atoms with Crippen molar-refractivity contribution in [1.29, 1.82) is 0 Å². The molecular weight excluding hydrogens is 342 g/mol. The molecule has 1 atom stereocenters. The van der Waals surface area contributed by atoms with Crippen LogP contribution in [0.2, 0.25) is 0 Å². The van der Waals surface area contributed by atoms with Crippen molar-refractivity contribution in [3.05, 3.63) is 48.8 Å². The van der Waals surface area contributed by atoms with Crippen LogP contribution in [0.25, 0.3) is 16.9 Å². The number of nitrogens with one attached hydrogen (secondary N) is 1. The highest BCUT2D eigenvalue weighted by atomic mass is 16.5. The third-order valence-corrected chi connectivity index (χ3v) is 4.76. The summed E-state index contributed by atoms with van der Waals surface area (Å²) in [6, 6.07) is 10.8. The molecule has 1 aromatic carbocycles. The number of aromatic hydroxyl groups is 1. The Labute approximate surface area is 158 Å². The smallest absolute Gasteiger partial charge is 0.233 e. The van der Waals surface area contributed by atoms with Gasteiger partial charge in [0.25, 0.3) is 0 Å². The molecule has 7 heteroatoms. The summed E-state index contributed by atoms with van der Waals surface area (Å²) in [4.78, 5) is 0. The summed E-state index contributed by atoms with van der Waals surface area (Å²) in [5, 5.41) is 26.4. The van der Waals surface area contributed by atoms with E-state index >= 15 is 0 Å². The molecule has 3 heterocycles. The number of phenols is 1. The summed E-state index contributed by atoms with van der Waals surface area (Å²) in [6.45, 7) is 5.28. The molecule has 1 fully saturated rings. The van der Waals surface area contributed by atoms with E-state index in [4.69, 9.17) is 4.74 Å². The number of phenolic OH excluding ortho intramolecular Hbond substituents is 1. The van der Waals surface area contributed by atoms with Crippen molar-refractivity contribution in [2.24, 2.45) is 0 Å². The number of aromatic nitrogens is 4. The van der Waals surface area contributed by atoms with Gasteiger partial charge in [0, 0.05) is 42.0 Å². The third-order valence-electron chi connectivity index (χ3n) is 4.76. The number of hydrogen-bond donors (Lipinski definition) is 2. The highest BCUT2D eigenvalue weighted by molar-refractivity contribution is 5.68. The van der Waals surface area contributed by atoms with Crippen LogP contribution in [0.4, 0.5) is 0 Å². The Bertz CT molecular complexity index is 907. The predicted octanol–water partition coefficient (Wildman–Crippen LogP) is 2.94. The lowest BCUT2D eigenvalue weighted by molar-refractivity contribution is 0.106. The normalized spacial score (nSPS) is 19.0. The lowest BCUT2D eigenvalue weighted by Crippen LogP contribution is -2.49.